The molecule has 0 atom stereocenters. The van der Waals surface area contributed by atoms with Crippen LogP contribution in [-0.2, 0) is 0 Å². The van der Waals surface area contributed by atoms with Gasteiger partial charge in [0.1, 0.15) is 5.75 Å². The molecule has 0 bridgehead atoms. The maximum absolute atomic E-state index is 12.4. The van der Waals surface area contributed by atoms with Crippen LogP contribution in [0.15, 0.2) is 87.1 Å². The maximum atomic E-state index is 12.4. The normalized spacial score (nSPS) is 10.3. The van der Waals surface area contributed by atoms with Crippen LogP contribution in [0.1, 0.15) is 10.4 Å². The van der Waals surface area contributed by atoms with Gasteiger partial charge < -0.3 is 10.1 Å². The first kappa shape index (κ1) is 17.6. The third-order valence-corrected chi connectivity index (χ3v) is 5.06. The Hall–Kier alpha value is -2.24. The van der Waals surface area contributed by atoms with E-state index in [0.29, 0.717) is 11.3 Å². The van der Waals surface area contributed by atoms with Gasteiger partial charge in [0, 0.05) is 20.0 Å². The number of para-hydroxylation sites is 1. The summed E-state index contributed by atoms with van der Waals surface area (Å²) in [4.78, 5) is 14.7. The molecule has 0 aromatic heterocycles. The molecule has 0 radical (unpaired) electrons. The van der Waals surface area contributed by atoms with Gasteiger partial charge >= 0.3 is 0 Å². The summed E-state index contributed by atoms with van der Waals surface area (Å²) in [5.41, 5.74) is 1.26. The van der Waals surface area contributed by atoms with Crippen molar-refractivity contribution in [1.82, 2.24) is 0 Å². The molecule has 3 aromatic carbocycles. The predicted octanol–water partition coefficient (Wildman–Crippen LogP) is 5.86. The van der Waals surface area contributed by atoms with Crippen molar-refractivity contribution < 1.29 is 9.53 Å². The standard InChI is InChI=1S/C20H16BrNO2S/c1-24-19-5-3-2-4-18(19)20(23)22-15-8-12-17(13-9-15)25-16-10-6-14(21)7-11-16/h2-13H,1H3,(H,22,23). The lowest BCUT2D eigenvalue weighted by Gasteiger charge is -2.09. The smallest absolute Gasteiger partial charge is 0.259 e. The highest BCUT2D eigenvalue weighted by atomic mass is 79.9. The number of carbonyl (C=O) groups excluding carboxylic acids is 1. The molecular formula is C20H16BrNO2S. The number of rotatable bonds is 5. The van der Waals surface area contributed by atoms with Crippen LogP contribution in [0.3, 0.4) is 0 Å². The van der Waals surface area contributed by atoms with Crippen LogP contribution in [0.5, 0.6) is 5.75 Å². The van der Waals surface area contributed by atoms with Gasteiger partial charge in [-0.2, -0.15) is 0 Å². The van der Waals surface area contributed by atoms with Crippen LogP contribution in [0, 0.1) is 0 Å². The van der Waals surface area contributed by atoms with E-state index in [1.54, 1.807) is 31.0 Å². The molecule has 0 saturated carbocycles. The Morgan fingerprint density at radius 3 is 2.16 bits per heavy atom. The van der Waals surface area contributed by atoms with Gasteiger partial charge in [-0.05, 0) is 60.7 Å². The fourth-order valence-electron chi connectivity index (χ4n) is 2.28. The Morgan fingerprint density at radius 1 is 0.920 bits per heavy atom. The van der Waals surface area contributed by atoms with Gasteiger partial charge in [-0.25, -0.2) is 0 Å². The van der Waals surface area contributed by atoms with Crippen molar-refractivity contribution >= 4 is 39.3 Å². The van der Waals surface area contributed by atoms with Crippen molar-refractivity contribution in [3.63, 3.8) is 0 Å². The molecule has 126 valence electrons. The zero-order chi connectivity index (χ0) is 17.6. The molecule has 25 heavy (non-hydrogen) atoms. The van der Waals surface area contributed by atoms with Crippen molar-refractivity contribution in [1.29, 1.82) is 0 Å². The number of hydrogen-bond acceptors (Lipinski definition) is 3. The summed E-state index contributed by atoms with van der Waals surface area (Å²) in [6, 6.07) is 23.1. The van der Waals surface area contributed by atoms with E-state index in [-0.39, 0.29) is 5.91 Å². The summed E-state index contributed by atoms with van der Waals surface area (Å²) in [7, 11) is 1.56. The average Bonchev–Trinajstić information content (AvgIpc) is 2.65. The topological polar surface area (TPSA) is 38.3 Å². The van der Waals surface area contributed by atoms with E-state index in [4.69, 9.17) is 4.74 Å². The Labute approximate surface area is 159 Å². The van der Waals surface area contributed by atoms with E-state index in [2.05, 4.69) is 33.4 Å². The minimum Gasteiger partial charge on any atom is -0.496 e. The quantitative estimate of drug-likeness (QED) is 0.568. The van der Waals surface area contributed by atoms with Crippen molar-refractivity contribution in [3.8, 4) is 5.75 Å². The molecule has 0 aliphatic carbocycles. The highest BCUT2D eigenvalue weighted by Crippen LogP contribution is 2.29. The van der Waals surface area contributed by atoms with Gasteiger partial charge in [0.15, 0.2) is 0 Å². The molecule has 3 nitrogen and oxygen atoms in total. The van der Waals surface area contributed by atoms with Gasteiger partial charge in [-0.1, -0.05) is 39.8 Å². The van der Waals surface area contributed by atoms with Crippen molar-refractivity contribution in [2.45, 2.75) is 9.79 Å². The van der Waals surface area contributed by atoms with Crippen LogP contribution >= 0.6 is 27.7 Å². The summed E-state index contributed by atoms with van der Waals surface area (Å²) < 4.78 is 6.29. The van der Waals surface area contributed by atoms with Crippen molar-refractivity contribution in [3.05, 3.63) is 82.8 Å². The molecule has 3 aromatic rings. The molecular weight excluding hydrogens is 398 g/mol. The summed E-state index contributed by atoms with van der Waals surface area (Å²) >= 11 is 5.11. The Bertz CT molecular complexity index is 864. The minimum atomic E-state index is -0.189. The number of amides is 1. The van der Waals surface area contributed by atoms with Crippen LogP contribution in [-0.4, -0.2) is 13.0 Å². The number of anilines is 1. The first-order valence-corrected chi connectivity index (χ1v) is 9.24. The second-order valence-corrected chi connectivity index (χ2v) is 7.30. The van der Waals surface area contributed by atoms with Gasteiger partial charge in [0.05, 0.1) is 12.7 Å². The second-order valence-electron chi connectivity index (χ2n) is 5.23. The van der Waals surface area contributed by atoms with Gasteiger partial charge in [0.25, 0.3) is 5.91 Å². The molecule has 0 unspecified atom stereocenters. The third-order valence-electron chi connectivity index (χ3n) is 3.51. The molecule has 1 N–H and O–H groups in total. The Kier molecular flexibility index (Phi) is 5.79. The number of ether oxygens (including phenoxy) is 1. The number of halogens is 1. The molecule has 0 spiro atoms. The van der Waals surface area contributed by atoms with Crippen LogP contribution in [0.2, 0.25) is 0 Å². The third kappa shape index (κ3) is 4.65. The molecule has 0 aliphatic rings. The lowest BCUT2D eigenvalue weighted by Crippen LogP contribution is -2.12. The summed E-state index contributed by atoms with van der Waals surface area (Å²) in [5, 5.41) is 2.90. The molecule has 0 fully saturated rings. The highest BCUT2D eigenvalue weighted by molar-refractivity contribution is 9.10. The number of carbonyl (C=O) groups is 1. The van der Waals surface area contributed by atoms with Crippen LogP contribution < -0.4 is 10.1 Å². The van der Waals surface area contributed by atoms with Crippen molar-refractivity contribution in [2.75, 3.05) is 12.4 Å². The number of benzene rings is 3. The second kappa shape index (κ2) is 8.23. The van der Waals surface area contributed by atoms with E-state index in [1.165, 1.54) is 0 Å². The molecule has 0 aliphatic heterocycles. The lowest BCUT2D eigenvalue weighted by atomic mass is 10.2. The van der Waals surface area contributed by atoms with E-state index in [9.17, 15) is 4.79 Å². The minimum absolute atomic E-state index is 0.189. The molecule has 0 saturated heterocycles. The number of nitrogens with one attached hydrogen (secondary N) is 1. The summed E-state index contributed by atoms with van der Waals surface area (Å²) in [6.07, 6.45) is 0. The van der Waals surface area contributed by atoms with Crippen molar-refractivity contribution in [2.24, 2.45) is 0 Å². The van der Waals surface area contributed by atoms with Gasteiger partial charge in [-0.15, -0.1) is 0 Å². The zero-order valence-corrected chi connectivity index (χ0v) is 15.9. The Balaban J connectivity index is 1.68. The largest absolute Gasteiger partial charge is 0.496 e. The SMILES string of the molecule is COc1ccccc1C(=O)Nc1ccc(Sc2ccc(Br)cc2)cc1. The summed E-state index contributed by atoms with van der Waals surface area (Å²) in [5.74, 6) is 0.369. The van der Waals surface area contributed by atoms with Gasteiger partial charge in [-0.3, -0.25) is 4.79 Å². The average molecular weight is 414 g/mol. The van der Waals surface area contributed by atoms with Crippen LogP contribution in [0.4, 0.5) is 5.69 Å². The summed E-state index contributed by atoms with van der Waals surface area (Å²) in [6.45, 7) is 0. The lowest BCUT2D eigenvalue weighted by molar-refractivity contribution is 0.102. The number of methoxy groups -OCH3 is 1. The first-order valence-electron chi connectivity index (χ1n) is 7.63. The molecule has 5 heteroatoms. The fraction of sp³-hybridized carbons (Fsp3) is 0.0500. The van der Waals surface area contributed by atoms with E-state index in [0.717, 1.165) is 20.0 Å². The Morgan fingerprint density at radius 2 is 1.52 bits per heavy atom. The maximum Gasteiger partial charge on any atom is 0.259 e. The first-order chi connectivity index (χ1) is 12.2. The van der Waals surface area contributed by atoms with Gasteiger partial charge in [0.2, 0.25) is 0 Å². The highest BCUT2D eigenvalue weighted by Gasteiger charge is 2.11. The molecule has 1 amide bonds. The molecule has 3 rings (SSSR count). The van der Waals surface area contributed by atoms with E-state index < -0.39 is 0 Å². The number of hydrogen-bond donors (Lipinski definition) is 1. The monoisotopic (exact) mass is 413 g/mol. The zero-order valence-electron chi connectivity index (χ0n) is 13.5. The molecule has 0 heterocycles. The predicted molar refractivity (Wildman–Crippen MR) is 106 cm³/mol. The van der Waals surface area contributed by atoms with E-state index in [1.807, 2.05) is 48.5 Å². The fourth-order valence-corrected chi connectivity index (χ4v) is 3.36. The van der Waals surface area contributed by atoms with Crippen LogP contribution in [0.25, 0.3) is 0 Å². The van der Waals surface area contributed by atoms with E-state index >= 15 is 0 Å².